The Hall–Kier alpha value is -7.96. The molecule has 0 aliphatic heterocycles. The molecule has 0 bridgehead atoms. The van der Waals surface area contributed by atoms with Crippen LogP contribution < -0.4 is 0 Å². The SMILES string of the molecule is C.C.C.C.C.C.C.C.C.C.C.C.C=CC(=O)OCCCCCC(=O)OCC(COCC(COC(=O)CCCCCOC(=O)C=C)(COC(=O)CCCCCOC(=O)C=C)COC(=O)CCCCCOC(=O)C=C)(COC(=O)CCCCCOC(=O)C=C)COC(=O)CCCCCOC(=O)C=C. The molecule has 0 fully saturated rings. The lowest BCUT2D eigenvalue weighted by atomic mass is 9.90. The van der Waals surface area contributed by atoms with E-state index in [4.69, 9.17) is 61.6 Å². The topological polar surface area (TPSA) is 325 Å². The van der Waals surface area contributed by atoms with Crippen LogP contribution in [0.5, 0.6) is 0 Å². The Labute approximate surface area is 610 Å². The Morgan fingerprint density at radius 1 is 0.198 bits per heavy atom. The van der Waals surface area contributed by atoms with Crippen LogP contribution in [0.4, 0.5) is 0 Å². The molecule has 0 aromatic rings. The lowest BCUT2D eigenvalue weighted by Crippen LogP contribution is -2.47. The molecule has 25 heteroatoms. The van der Waals surface area contributed by atoms with Gasteiger partial charge in [-0.05, 0) is 116 Å². The average Bonchev–Trinajstić information content (AvgIpc) is 0.843. The third kappa shape index (κ3) is 71.7. The van der Waals surface area contributed by atoms with Gasteiger partial charge in [-0.15, -0.1) is 0 Å². The summed E-state index contributed by atoms with van der Waals surface area (Å²) in [5.74, 6) is -7.76. The second kappa shape index (κ2) is 81.0. The molecule has 0 saturated carbocycles. The number of esters is 12. The Morgan fingerprint density at radius 2 is 0.337 bits per heavy atom. The van der Waals surface area contributed by atoms with Crippen molar-refractivity contribution in [3.05, 3.63) is 75.9 Å². The summed E-state index contributed by atoms with van der Waals surface area (Å²) < 4.78 is 71.4. The highest BCUT2D eigenvalue weighted by Crippen LogP contribution is 2.28. The number of hydrogen-bond donors (Lipinski definition) is 0. The predicted molar refractivity (Wildman–Crippen MR) is 400 cm³/mol. The highest BCUT2D eigenvalue weighted by atomic mass is 16.6. The molecule has 0 aromatic carbocycles. The zero-order chi connectivity index (χ0) is 66.2. The first-order chi connectivity index (χ1) is 42.8. The van der Waals surface area contributed by atoms with Crippen molar-refractivity contribution in [1.82, 2.24) is 0 Å². The summed E-state index contributed by atoms with van der Waals surface area (Å²) in [5, 5.41) is 0. The minimum atomic E-state index is -1.67. The van der Waals surface area contributed by atoms with Crippen molar-refractivity contribution in [2.24, 2.45) is 10.8 Å². The predicted octanol–water partition coefficient (Wildman–Crippen LogP) is 15.6. The summed E-state index contributed by atoms with van der Waals surface area (Å²) >= 11 is 0. The fourth-order valence-electron chi connectivity index (χ4n) is 7.50. The first kappa shape index (κ1) is 123. The lowest BCUT2D eigenvalue weighted by molar-refractivity contribution is -0.176. The fraction of sp³-hybridized carbons (Fsp3) is 0.684. The van der Waals surface area contributed by atoms with E-state index in [1.165, 1.54) is 0 Å². The van der Waals surface area contributed by atoms with Crippen molar-refractivity contribution < 1.29 is 119 Å². The standard InChI is InChI=1S/C64H94O25.12CH4/c1-7-51(65)78-37-25-13-19-31-57(71)84-45-63(46-85-58(72)32-20-14-26-38-79-52(66)8-2,47-86-59(73)33-21-15-27-39-80-53(67)9-3)43-77-44-64(48-87-60(74)34-22-16-28-40-81-54(68)10-4,49-88-61(75)35-23-17-29-41-82-55(69)11-5)50-89-62(76)36-24-18-30-42-83-56(70)12-6;;;;;;;;;;;;/h7-12H,1-6,13-50H2;12*1H4. The molecule has 0 heterocycles. The summed E-state index contributed by atoms with van der Waals surface area (Å²) in [6.45, 7) is 16.3. The number of ether oxygens (including phenoxy) is 13. The fourth-order valence-corrected chi connectivity index (χ4v) is 7.50. The molecule has 0 unspecified atom stereocenters. The van der Waals surface area contributed by atoms with Gasteiger partial charge in [-0.2, -0.15) is 0 Å². The van der Waals surface area contributed by atoms with Gasteiger partial charge in [0.25, 0.3) is 0 Å². The number of carbonyl (C=O) groups excluding carboxylic acids is 12. The van der Waals surface area contributed by atoms with Crippen molar-refractivity contribution in [3.8, 4) is 0 Å². The first-order valence-electron chi connectivity index (χ1n) is 30.1. The van der Waals surface area contributed by atoms with Gasteiger partial charge < -0.3 is 61.6 Å². The van der Waals surface area contributed by atoms with Crippen molar-refractivity contribution in [1.29, 1.82) is 0 Å². The van der Waals surface area contributed by atoms with Crippen LogP contribution in [0, 0.1) is 10.8 Å². The van der Waals surface area contributed by atoms with E-state index >= 15 is 0 Å². The summed E-state index contributed by atoms with van der Waals surface area (Å²) in [4.78, 5) is 150. The van der Waals surface area contributed by atoms with Crippen LogP contribution in [0.25, 0.3) is 0 Å². The van der Waals surface area contributed by atoms with Crippen LogP contribution in [0.1, 0.15) is 243 Å². The van der Waals surface area contributed by atoms with Gasteiger partial charge in [0.2, 0.25) is 0 Å². The second-order valence-corrected chi connectivity index (χ2v) is 20.6. The van der Waals surface area contributed by atoms with Crippen LogP contribution in [0.15, 0.2) is 75.9 Å². The molecule has 0 spiro atoms. The molecular formula is C76H142O25. The second-order valence-electron chi connectivity index (χ2n) is 20.6. The van der Waals surface area contributed by atoms with Gasteiger partial charge in [0.1, 0.15) is 39.6 Å². The monoisotopic (exact) mass is 1450 g/mol. The maximum Gasteiger partial charge on any atom is 0.330 e. The van der Waals surface area contributed by atoms with Gasteiger partial charge in [-0.3, -0.25) is 28.8 Å². The normalized spacial score (nSPS) is 9.50. The van der Waals surface area contributed by atoms with E-state index in [0.717, 1.165) is 36.5 Å². The Morgan fingerprint density at radius 3 is 0.465 bits per heavy atom. The molecule has 0 amide bonds. The van der Waals surface area contributed by atoms with Gasteiger partial charge in [-0.1, -0.05) is 129 Å². The van der Waals surface area contributed by atoms with E-state index in [1.54, 1.807) is 0 Å². The zero-order valence-electron chi connectivity index (χ0n) is 51.8. The average molecular weight is 1460 g/mol. The van der Waals surface area contributed by atoms with Crippen LogP contribution in [0.2, 0.25) is 0 Å². The van der Waals surface area contributed by atoms with Crippen molar-refractivity contribution in [2.75, 3.05) is 92.5 Å². The molecule has 0 rings (SSSR count). The van der Waals surface area contributed by atoms with E-state index < -0.39 is 135 Å². The quantitative estimate of drug-likeness (QED) is 0.0236. The van der Waals surface area contributed by atoms with Gasteiger partial charge >= 0.3 is 71.6 Å². The summed E-state index contributed by atoms with van der Waals surface area (Å²) in [7, 11) is 0. The Kier molecular flexibility index (Phi) is 98.7. The maximum atomic E-state index is 13.4. The third-order valence-corrected chi connectivity index (χ3v) is 12.7. The molecule has 0 atom stereocenters. The third-order valence-electron chi connectivity index (χ3n) is 12.7. The first-order valence-corrected chi connectivity index (χ1v) is 30.1. The molecule has 0 N–H and O–H groups in total. The lowest BCUT2D eigenvalue weighted by Gasteiger charge is -2.35. The number of hydrogen-bond acceptors (Lipinski definition) is 25. The van der Waals surface area contributed by atoms with Crippen LogP contribution in [-0.4, -0.2) is 164 Å². The highest BCUT2D eigenvalue weighted by Gasteiger charge is 2.41. The van der Waals surface area contributed by atoms with E-state index in [1.807, 2.05) is 0 Å². The maximum absolute atomic E-state index is 13.4. The molecular weight excluding hydrogens is 1310 g/mol. The van der Waals surface area contributed by atoms with Gasteiger partial charge in [0.05, 0.1) is 63.7 Å². The minimum absolute atomic E-state index is 0. The van der Waals surface area contributed by atoms with E-state index in [0.29, 0.717) is 116 Å². The molecule has 0 radical (unpaired) electrons. The zero-order valence-corrected chi connectivity index (χ0v) is 51.8. The Bertz CT molecular complexity index is 1850. The molecule has 0 aliphatic carbocycles. The van der Waals surface area contributed by atoms with Gasteiger partial charge in [-0.25, -0.2) is 28.8 Å². The highest BCUT2D eigenvalue weighted by molar-refractivity contribution is 5.83. The molecule has 0 aliphatic rings. The molecule has 0 aromatic heterocycles. The van der Waals surface area contributed by atoms with Crippen LogP contribution >= 0.6 is 0 Å². The summed E-state index contributed by atoms with van der Waals surface area (Å²) in [6, 6.07) is 0. The van der Waals surface area contributed by atoms with Crippen LogP contribution in [-0.2, 0) is 119 Å². The number of unbranched alkanes of at least 4 members (excludes halogenated alkanes) is 12. The largest absolute Gasteiger partial charge is 0.465 e. The summed E-state index contributed by atoms with van der Waals surface area (Å²) in [5.41, 5.74) is -3.35. The van der Waals surface area contributed by atoms with Crippen molar-refractivity contribution in [2.45, 2.75) is 243 Å². The van der Waals surface area contributed by atoms with Crippen molar-refractivity contribution >= 4 is 71.6 Å². The molecule has 25 nitrogen and oxygen atoms in total. The Balaban J connectivity index is -0.000000587. The van der Waals surface area contributed by atoms with E-state index in [-0.39, 0.29) is 167 Å². The van der Waals surface area contributed by atoms with E-state index in [9.17, 15) is 57.5 Å². The smallest absolute Gasteiger partial charge is 0.330 e. The van der Waals surface area contributed by atoms with Crippen LogP contribution in [0.3, 0.4) is 0 Å². The summed E-state index contributed by atoms with van der Waals surface area (Å²) in [6.07, 6.45) is 12.8. The number of rotatable bonds is 58. The van der Waals surface area contributed by atoms with E-state index in [2.05, 4.69) is 39.5 Å². The molecule has 596 valence electrons. The number of carbonyl (C=O) groups is 12. The van der Waals surface area contributed by atoms with Crippen molar-refractivity contribution in [3.63, 3.8) is 0 Å². The molecule has 101 heavy (non-hydrogen) atoms. The van der Waals surface area contributed by atoms with Gasteiger partial charge in [0, 0.05) is 75.0 Å². The minimum Gasteiger partial charge on any atom is -0.465 e. The molecule has 0 saturated heterocycles. The van der Waals surface area contributed by atoms with Gasteiger partial charge in [0.15, 0.2) is 0 Å².